The van der Waals surface area contributed by atoms with E-state index in [2.05, 4.69) is 15.8 Å². The Bertz CT molecular complexity index is 787. The Morgan fingerprint density at radius 1 is 1.00 bits per heavy atom. The second kappa shape index (κ2) is 7.57. The third-order valence-electron chi connectivity index (χ3n) is 3.69. The largest absolute Gasteiger partial charge is 0.497 e. The third-order valence-corrected chi connectivity index (χ3v) is 3.69. The van der Waals surface area contributed by atoms with E-state index in [4.69, 9.17) is 14.2 Å². The predicted octanol–water partition coefficient (Wildman–Crippen LogP) is 1.66. The minimum atomic E-state index is -0.171. The molecule has 0 atom stereocenters. The summed E-state index contributed by atoms with van der Waals surface area (Å²) >= 11 is 0. The molecular formula is C18H19N3O4. The van der Waals surface area contributed by atoms with Gasteiger partial charge in [0, 0.05) is 5.56 Å². The number of hydrogen-bond donors (Lipinski definition) is 2. The summed E-state index contributed by atoms with van der Waals surface area (Å²) in [5, 5.41) is 0. The van der Waals surface area contributed by atoms with Crippen LogP contribution in [0.1, 0.15) is 11.1 Å². The normalized spacial score (nSPS) is 13.4. The lowest BCUT2D eigenvalue weighted by Crippen LogP contribution is -2.47. The van der Waals surface area contributed by atoms with Gasteiger partial charge in [0.1, 0.15) is 24.7 Å². The summed E-state index contributed by atoms with van der Waals surface area (Å²) in [6, 6.07) is 13.2. The maximum atomic E-state index is 11.1. The molecule has 0 radical (unpaired) electrons. The highest BCUT2D eigenvalue weighted by molar-refractivity contribution is 6.03. The number of carbonyl (C=O) groups is 1. The maximum absolute atomic E-state index is 11.1. The number of amidine groups is 1. The van der Waals surface area contributed by atoms with Gasteiger partial charge in [-0.1, -0.05) is 12.1 Å². The van der Waals surface area contributed by atoms with E-state index >= 15 is 0 Å². The Balaban J connectivity index is 1.72. The van der Waals surface area contributed by atoms with Crippen LogP contribution >= 0.6 is 0 Å². The van der Waals surface area contributed by atoms with Crippen LogP contribution in [0.5, 0.6) is 17.2 Å². The van der Waals surface area contributed by atoms with Crippen LogP contribution in [-0.2, 0) is 11.4 Å². The first kappa shape index (κ1) is 16.6. The molecule has 0 aromatic heterocycles. The van der Waals surface area contributed by atoms with Gasteiger partial charge in [-0.15, -0.1) is 0 Å². The van der Waals surface area contributed by atoms with Crippen LogP contribution in [0.3, 0.4) is 0 Å². The number of aliphatic imine (C=N–C) groups is 1. The highest BCUT2D eigenvalue weighted by Crippen LogP contribution is 2.29. The minimum absolute atomic E-state index is 0.0976. The van der Waals surface area contributed by atoms with E-state index < -0.39 is 0 Å². The van der Waals surface area contributed by atoms with Crippen molar-refractivity contribution in [2.45, 2.75) is 6.61 Å². The maximum Gasteiger partial charge on any atom is 0.260 e. The first-order valence-electron chi connectivity index (χ1n) is 7.73. The van der Waals surface area contributed by atoms with Crippen molar-refractivity contribution in [2.75, 3.05) is 20.8 Å². The number of rotatable bonds is 6. The quantitative estimate of drug-likeness (QED) is 0.835. The summed E-state index contributed by atoms with van der Waals surface area (Å²) < 4.78 is 16.4. The van der Waals surface area contributed by atoms with Crippen molar-refractivity contribution < 1.29 is 19.0 Å². The fourth-order valence-corrected chi connectivity index (χ4v) is 2.34. The lowest BCUT2D eigenvalue weighted by Gasteiger charge is -2.17. The third kappa shape index (κ3) is 4.00. The van der Waals surface area contributed by atoms with E-state index in [1.54, 1.807) is 14.2 Å². The number of nitrogens with one attached hydrogen (secondary N) is 2. The summed E-state index contributed by atoms with van der Waals surface area (Å²) in [4.78, 5) is 15.3. The first-order chi connectivity index (χ1) is 12.2. The van der Waals surface area contributed by atoms with Crippen molar-refractivity contribution in [3.05, 3.63) is 53.6 Å². The van der Waals surface area contributed by atoms with Gasteiger partial charge in [0.15, 0.2) is 11.5 Å². The fraction of sp³-hybridized carbons (Fsp3) is 0.222. The van der Waals surface area contributed by atoms with Crippen molar-refractivity contribution in [2.24, 2.45) is 4.99 Å². The molecule has 2 aromatic rings. The lowest BCUT2D eigenvalue weighted by molar-refractivity contribution is -0.120. The van der Waals surface area contributed by atoms with Crippen LogP contribution in [0.25, 0.3) is 0 Å². The molecule has 7 heteroatoms. The molecule has 1 amide bonds. The molecule has 0 unspecified atom stereocenters. The summed E-state index contributed by atoms with van der Waals surface area (Å²) in [5.74, 6) is 2.43. The predicted molar refractivity (Wildman–Crippen MR) is 93.0 cm³/mol. The van der Waals surface area contributed by atoms with E-state index in [1.807, 2.05) is 42.5 Å². The molecule has 3 rings (SSSR count). The Morgan fingerprint density at radius 3 is 2.44 bits per heavy atom. The highest BCUT2D eigenvalue weighted by atomic mass is 16.5. The number of ether oxygens (including phenoxy) is 3. The zero-order chi connectivity index (χ0) is 17.6. The van der Waals surface area contributed by atoms with Gasteiger partial charge in [-0.2, -0.15) is 0 Å². The zero-order valence-electron chi connectivity index (χ0n) is 14.0. The standard InChI is InChI=1S/C18H19N3O4/c1-23-14-6-3-12(4-7-14)11-25-15-8-5-13(9-16(15)24-2)18-19-10-17(22)20-21-18/h3-9H,10-11H2,1-2H3,(H,19,21)(H,20,22). The van der Waals surface area contributed by atoms with Gasteiger partial charge in [-0.25, -0.2) is 0 Å². The average Bonchev–Trinajstić information content (AvgIpc) is 2.67. The first-order valence-corrected chi connectivity index (χ1v) is 7.73. The van der Waals surface area contributed by atoms with E-state index in [1.165, 1.54) is 0 Å². The zero-order valence-corrected chi connectivity index (χ0v) is 14.0. The van der Waals surface area contributed by atoms with E-state index in [0.717, 1.165) is 16.9 Å². The topological polar surface area (TPSA) is 81.2 Å². The summed E-state index contributed by atoms with van der Waals surface area (Å²) in [6.45, 7) is 0.509. The molecular weight excluding hydrogens is 322 g/mol. The van der Waals surface area contributed by atoms with Crippen LogP contribution in [0.2, 0.25) is 0 Å². The number of nitrogens with zero attached hydrogens (tertiary/aromatic N) is 1. The fourth-order valence-electron chi connectivity index (χ4n) is 2.34. The van der Waals surface area contributed by atoms with Crippen molar-refractivity contribution in [1.82, 2.24) is 10.9 Å². The Hall–Kier alpha value is -3.22. The summed E-state index contributed by atoms with van der Waals surface area (Å²) in [5.41, 5.74) is 7.12. The van der Waals surface area contributed by atoms with Gasteiger partial charge in [-0.3, -0.25) is 20.6 Å². The van der Waals surface area contributed by atoms with E-state index in [9.17, 15) is 4.79 Å². The highest BCUT2D eigenvalue weighted by Gasteiger charge is 2.14. The Kier molecular flexibility index (Phi) is 5.03. The number of methoxy groups -OCH3 is 2. The molecule has 7 nitrogen and oxygen atoms in total. The molecule has 2 aromatic carbocycles. The van der Waals surface area contributed by atoms with Gasteiger partial charge >= 0.3 is 0 Å². The summed E-state index contributed by atoms with van der Waals surface area (Å²) in [6.07, 6.45) is 0. The smallest absolute Gasteiger partial charge is 0.260 e. The van der Waals surface area contributed by atoms with Crippen molar-refractivity contribution in [3.63, 3.8) is 0 Å². The second-order valence-corrected chi connectivity index (χ2v) is 5.34. The Morgan fingerprint density at radius 2 is 1.80 bits per heavy atom. The molecule has 2 N–H and O–H groups in total. The number of hydrazine groups is 1. The monoisotopic (exact) mass is 341 g/mol. The van der Waals surface area contributed by atoms with Crippen LogP contribution in [0.15, 0.2) is 47.5 Å². The molecule has 130 valence electrons. The molecule has 0 saturated carbocycles. The number of benzene rings is 2. The second-order valence-electron chi connectivity index (χ2n) is 5.34. The van der Waals surface area contributed by atoms with Crippen LogP contribution < -0.4 is 25.1 Å². The Labute approximate surface area is 145 Å². The van der Waals surface area contributed by atoms with Gasteiger partial charge < -0.3 is 14.2 Å². The SMILES string of the molecule is COc1ccc(COc2ccc(C3=NCC(=O)NN3)cc2OC)cc1. The van der Waals surface area contributed by atoms with Gasteiger partial charge in [0.05, 0.1) is 14.2 Å². The van der Waals surface area contributed by atoms with Crippen molar-refractivity contribution in [3.8, 4) is 17.2 Å². The van der Waals surface area contributed by atoms with Crippen molar-refractivity contribution in [1.29, 1.82) is 0 Å². The van der Waals surface area contributed by atoms with Crippen LogP contribution in [-0.4, -0.2) is 32.5 Å². The number of hydrogen-bond acceptors (Lipinski definition) is 6. The van der Waals surface area contributed by atoms with Crippen LogP contribution in [0, 0.1) is 0 Å². The molecule has 0 spiro atoms. The van der Waals surface area contributed by atoms with E-state index in [-0.39, 0.29) is 12.5 Å². The van der Waals surface area contributed by atoms with Crippen LogP contribution in [0.4, 0.5) is 0 Å². The molecule has 0 bridgehead atoms. The van der Waals surface area contributed by atoms with Gasteiger partial charge in [-0.05, 0) is 35.9 Å². The molecule has 0 fully saturated rings. The number of carbonyl (C=O) groups excluding carboxylic acids is 1. The van der Waals surface area contributed by atoms with Gasteiger partial charge in [0.25, 0.3) is 5.91 Å². The van der Waals surface area contributed by atoms with Gasteiger partial charge in [0.2, 0.25) is 0 Å². The average molecular weight is 341 g/mol. The number of amides is 1. The molecule has 25 heavy (non-hydrogen) atoms. The molecule has 1 heterocycles. The molecule has 1 aliphatic rings. The molecule has 0 saturated heterocycles. The van der Waals surface area contributed by atoms with E-state index in [0.29, 0.717) is 23.9 Å². The molecule has 1 aliphatic heterocycles. The molecule has 0 aliphatic carbocycles. The summed E-state index contributed by atoms with van der Waals surface area (Å²) in [7, 11) is 3.21. The minimum Gasteiger partial charge on any atom is -0.497 e. The van der Waals surface area contributed by atoms with Crippen molar-refractivity contribution >= 4 is 11.7 Å². The lowest BCUT2D eigenvalue weighted by atomic mass is 10.1.